The SMILES string of the molecule is CCCNC(=O)N1CCCC(Oc2cnccn2)C1. The Balaban J connectivity index is 1.85. The Hall–Kier alpha value is -1.85. The minimum Gasteiger partial charge on any atom is -0.471 e. The predicted octanol–water partition coefficient (Wildman–Crippen LogP) is 1.44. The largest absolute Gasteiger partial charge is 0.471 e. The highest BCUT2D eigenvalue weighted by Crippen LogP contribution is 2.15. The number of hydrogen-bond donors (Lipinski definition) is 1. The topological polar surface area (TPSA) is 67.4 Å². The Bertz CT molecular complexity index is 399. The van der Waals surface area contributed by atoms with Gasteiger partial charge in [0.05, 0.1) is 12.7 Å². The van der Waals surface area contributed by atoms with Gasteiger partial charge in [-0.25, -0.2) is 9.78 Å². The molecule has 1 saturated heterocycles. The van der Waals surface area contributed by atoms with Gasteiger partial charge >= 0.3 is 6.03 Å². The van der Waals surface area contributed by atoms with Gasteiger partial charge in [-0.1, -0.05) is 6.92 Å². The fraction of sp³-hybridized carbons (Fsp3) is 0.615. The van der Waals surface area contributed by atoms with Gasteiger partial charge in [0.25, 0.3) is 0 Å². The summed E-state index contributed by atoms with van der Waals surface area (Å²) in [5.41, 5.74) is 0. The molecule has 1 aliphatic rings. The first-order valence-electron chi connectivity index (χ1n) is 6.75. The highest BCUT2D eigenvalue weighted by atomic mass is 16.5. The summed E-state index contributed by atoms with van der Waals surface area (Å²) in [4.78, 5) is 21.7. The summed E-state index contributed by atoms with van der Waals surface area (Å²) in [6.45, 7) is 4.14. The van der Waals surface area contributed by atoms with Crippen LogP contribution in [0, 0.1) is 0 Å². The lowest BCUT2D eigenvalue weighted by molar-refractivity contribution is 0.0975. The van der Waals surface area contributed by atoms with Crippen molar-refractivity contribution in [3.8, 4) is 5.88 Å². The molecule has 1 fully saturated rings. The Morgan fingerprint density at radius 2 is 2.47 bits per heavy atom. The predicted molar refractivity (Wildman–Crippen MR) is 70.9 cm³/mol. The number of nitrogens with zero attached hydrogens (tertiary/aromatic N) is 3. The monoisotopic (exact) mass is 264 g/mol. The van der Waals surface area contributed by atoms with E-state index in [1.807, 2.05) is 6.92 Å². The van der Waals surface area contributed by atoms with Crippen molar-refractivity contribution in [2.24, 2.45) is 0 Å². The van der Waals surface area contributed by atoms with Crippen LogP contribution in [0.4, 0.5) is 4.79 Å². The van der Waals surface area contributed by atoms with Gasteiger partial charge in [-0.15, -0.1) is 0 Å². The van der Waals surface area contributed by atoms with Gasteiger partial charge in [0.2, 0.25) is 5.88 Å². The van der Waals surface area contributed by atoms with Crippen LogP contribution in [0.5, 0.6) is 5.88 Å². The summed E-state index contributed by atoms with van der Waals surface area (Å²) in [6.07, 6.45) is 7.63. The highest BCUT2D eigenvalue weighted by molar-refractivity contribution is 5.74. The van der Waals surface area contributed by atoms with Crippen molar-refractivity contribution in [2.75, 3.05) is 19.6 Å². The van der Waals surface area contributed by atoms with E-state index >= 15 is 0 Å². The summed E-state index contributed by atoms with van der Waals surface area (Å²) >= 11 is 0. The van der Waals surface area contributed by atoms with Gasteiger partial charge in [0.15, 0.2) is 0 Å². The summed E-state index contributed by atoms with van der Waals surface area (Å²) in [6, 6.07) is -0.00528. The molecule has 19 heavy (non-hydrogen) atoms. The molecule has 1 unspecified atom stereocenters. The van der Waals surface area contributed by atoms with Crippen molar-refractivity contribution >= 4 is 6.03 Å². The number of nitrogens with one attached hydrogen (secondary N) is 1. The summed E-state index contributed by atoms with van der Waals surface area (Å²) in [5.74, 6) is 0.517. The maximum atomic E-state index is 11.9. The molecule has 0 bridgehead atoms. The van der Waals surface area contributed by atoms with Crippen molar-refractivity contribution in [1.29, 1.82) is 0 Å². The zero-order valence-corrected chi connectivity index (χ0v) is 11.2. The number of ether oxygens (including phenoxy) is 1. The van der Waals surface area contributed by atoms with Gasteiger partial charge < -0.3 is 15.0 Å². The van der Waals surface area contributed by atoms with E-state index in [4.69, 9.17) is 4.74 Å². The molecule has 0 spiro atoms. The van der Waals surface area contributed by atoms with E-state index in [0.717, 1.165) is 25.8 Å². The maximum absolute atomic E-state index is 11.9. The van der Waals surface area contributed by atoms with Gasteiger partial charge in [0, 0.05) is 25.5 Å². The first kappa shape index (κ1) is 13.6. The van der Waals surface area contributed by atoms with Crippen LogP contribution in [-0.2, 0) is 0 Å². The van der Waals surface area contributed by atoms with Crippen LogP contribution in [0.25, 0.3) is 0 Å². The third kappa shape index (κ3) is 4.08. The minimum atomic E-state index is -0.00528. The summed E-state index contributed by atoms with van der Waals surface area (Å²) in [7, 11) is 0. The molecule has 0 saturated carbocycles. The second-order valence-electron chi connectivity index (χ2n) is 4.60. The van der Waals surface area contributed by atoms with Crippen LogP contribution in [0.3, 0.4) is 0 Å². The zero-order chi connectivity index (χ0) is 13.5. The van der Waals surface area contributed by atoms with Crippen LogP contribution < -0.4 is 10.1 Å². The molecule has 1 atom stereocenters. The minimum absolute atomic E-state index is 0.00201. The Morgan fingerprint density at radius 1 is 1.58 bits per heavy atom. The van der Waals surface area contributed by atoms with E-state index in [9.17, 15) is 4.79 Å². The number of amides is 2. The Kier molecular flexibility index (Phi) is 4.94. The molecule has 2 heterocycles. The zero-order valence-electron chi connectivity index (χ0n) is 11.2. The van der Waals surface area contributed by atoms with Crippen molar-refractivity contribution < 1.29 is 9.53 Å². The van der Waals surface area contributed by atoms with E-state index < -0.39 is 0 Å². The van der Waals surface area contributed by atoms with Gasteiger partial charge in [-0.05, 0) is 19.3 Å². The van der Waals surface area contributed by atoms with Crippen LogP contribution in [0.1, 0.15) is 26.2 Å². The first-order valence-corrected chi connectivity index (χ1v) is 6.75. The smallest absolute Gasteiger partial charge is 0.317 e. The number of carbonyl (C=O) groups is 1. The fourth-order valence-corrected chi connectivity index (χ4v) is 2.08. The molecule has 0 aliphatic carbocycles. The molecular formula is C13H20N4O2. The second-order valence-corrected chi connectivity index (χ2v) is 4.60. The van der Waals surface area contributed by atoms with Gasteiger partial charge in [-0.2, -0.15) is 0 Å². The van der Waals surface area contributed by atoms with E-state index in [1.165, 1.54) is 0 Å². The molecule has 1 N–H and O–H groups in total. The average Bonchev–Trinajstić information content (AvgIpc) is 2.46. The second kappa shape index (κ2) is 6.92. The number of aromatic nitrogens is 2. The maximum Gasteiger partial charge on any atom is 0.317 e. The molecule has 6 heteroatoms. The van der Waals surface area contributed by atoms with Crippen LogP contribution >= 0.6 is 0 Å². The van der Waals surface area contributed by atoms with E-state index in [0.29, 0.717) is 19.0 Å². The van der Waals surface area contributed by atoms with Gasteiger partial charge in [0.1, 0.15) is 6.10 Å². The quantitative estimate of drug-likeness (QED) is 0.893. The molecule has 1 aliphatic heterocycles. The molecule has 6 nitrogen and oxygen atoms in total. The van der Waals surface area contributed by atoms with Crippen molar-refractivity contribution in [3.05, 3.63) is 18.6 Å². The molecule has 0 aromatic carbocycles. The Labute approximate surface area is 113 Å². The molecular weight excluding hydrogens is 244 g/mol. The molecule has 1 aromatic heterocycles. The van der Waals surface area contributed by atoms with Crippen LogP contribution in [-0.4, -0.2) is 46.6 Å². The average molecular weight is 264 g/mol. The molecule has 104 valence electrons. The number of likely N-dealkylation sites (tertiary alicyclic amines) is 1. The van der Waals surface area contributed by atoms with Crippen molar-refractivity contribution in [2.45, 2.75) is 32.3 Å². The number of rotatable bonds is 4. The fourth-order valence-electron chi connectivity index (χ4n) is 2.08. The molecule has 2 rings (SSSR count). The lowest BCUT2D eigenvalue weighted by Gasteiger charge is -2.32. The van der Waals surface area contributed by atoms with Crippen molar-refractivity contribution in [3.63, 3.8) is 0 Å². The van der Waals surface area contributed by atoms with Gasteiger partial charge in [-0.3, -0.25) is 4.98 Å². The normalized spacial score (nSPS) is 19.0. The summed E-state index contributed by atoms with van der Waals surface area (Å²) < 4.78 is 5.74. The number of hydrogen-bond acceptors (Lipinski definition) is 4. The number of carbonyl (C=O) groups excluding carboxylic acids is 1. The van der Waals surface area contributed by atoms with Crippen LogP contribution in [0.2, 0.25) is 0 Å². The van der Waals surface area contributed by atoms with Crippen molar-refractivity contribution in [1.82, 2.24) is 20.2 Å². The lowest BCUT2D eigenvalue weighted by atomic mass is 10.1. The molecule has 0 radical (unpaired) electrons. The number of piperidine rings is 1. The Morgan fingerprint density at radius 3 is 3.21 bits per heavy atom. The molecule has 2 amide bonds. The third-order valence-corrected chi connectivity index (χ3v) is 3.02. The molecule has 1 aromatic rings. The van der Waals surface area contributed by atoms with E-state index in [-0.39, 0.29) is 12.1 Å². The highest BCUT2D eigenvalue weighted by Gasteiger charge is 2.24. The van der Waals surface area contributed by atoms with Crippen LogP contribution in [0.15, 0.2) is 18.6 Å². The number of urea groups is 1. The third-order valence-electron chi connectivity index (χ3n) is 3.02. The first-order chi connectivity index (χ1) is 9.29. The van der Waals surface area contributed by atoms with E-state index in [1.54, 1.807) is 23.5 Å². The lowest BCUT2D eigenvalue weighted by Crippen LogP contribution is -2.48. The van der Waals surface area contributed by atoms with E-state index in [2.05, 4.69) is 15.3 Å². The summed E-state index contributed by atoms with van der Waals surface area (Å²) in [5, 5.41) is 2.89. The standard InChI is InChI=1S/C13H20N4O2/c1-2-5-16-13(18)17-8-3-4-11(10-17)19-12-9-14-6-7-15-12/h6-7,9,11H,2-5,8,10H2,1H3,(H,16,18).